The van der Waals surface area contributed by atoms with Gasteiger partial charge in [-0.15, -0.1) is 0 Å². The van der Waals surface area contributed by atoms with Crippen molar-refractivity contribution >= 4 is 10.9 Å². The topological polar surface area (TPSA) is 70.8 Å². The van der Waals surface area contributed by atoms with E-state index in [4.69, 9.17) is 10.2 Å². The standard InChI is InChI=1S/C20H27F2N3O3/c1-20(2,3)24-9-4-5-17(24)18-15-11-14(28-19(21)22)6-7-16(15)25(23-18)10-8-13(27)12-26/h4-7,11,13,17,19,26-27H,8-10,12H2,1-3H3. The Kier molecular flexibility index (Phi) is 6.02. The highest BCUT2D eigenvalue weighted by Crippen LogP contribution is 2.37. The van der Waals surface area contributed by atoms with E-state index >= 15 is 0 Å². The summed E-state index contributed by atoms with van der Waals surface area (Å²) >= 11 is 0. The van der Waals surface area contributed by atoms with Crippen LogP contribution in [0, 0.1) is 0 Å². The molecule has 0 bridgehead atoms. The first-order valence-electron chi connectivity index (χ1n) is 9.38. The van der Waals surface area contributed by atoms with Gasteiger partial charge in [-0.05, 0) is 45.4 Å². The van der Waals surface area contributed by atoms with Gasteiger partial charge in [0.2, 0.25) is 0 Å². The number of benzene rings is 1. The van der Waals surface area contributed by atoms with Gasteiger partial charge < -0.3 is 14.9 Å². The first-order chi connectivity index (χ1) is 13.2. The van der Waals surface area contributed by atoms with E-state index in [2.05, 4.69) is 42.6 Å². The van der Waals surface area contributed by atoms with Crippen LogP contribution in [0.1, 0.15) is 38.9 Å². The first-order valence-corrected chi connectivity index (χ1v) is 9.38. The number of fused-ring (bicyclic) bond motifs is 1. The summed E-state index contributed by atoms with van der Waals surface area (Å²) in [7, 11) is 0. The molecule has 1 aliphatic heterocycles. The molecule has 154 valence electrons. The molecule has 1 aromatic heterocycles. The molecule has 1 aliphatic rings. The van der Waals surface area contributed by atoms with E-state index in [9.17, 15) is 13.9 Å². The monoisotopic (exact) mass is 395 g/mol. The van der Waals surface area contributed by atoms with Gasteiger partial charge in [-0.3, -0.25) is 9.58 Å². The average Bonchev–Trinajstić information content (AvgIpc) is 3.23. The summed E-state index contributed by atoms with van der Waals surface area (Å²) in [4.78, 5) is 2.28. The summed E-state index contributed by atoms with van der Waals surface area (Å²) < 4.78 is 31.7. The average molecular weight is 395 g/mol. The van der Waals surface area contributed by atoms with Gasteiger partial charge in [-0.1, -0.05) is 12.2 Å². The molecule has 0 saturated carbocycles. The number of aromatic nitrogens is 2. The highest BCUT2D eigenvalue weighted by molar-refractivity contribution is 5.84. The van der Waals surface area contributed by atoms with E-state index in [1.54, 1.807) is 16.8 Å². The molecular weight excluding hydrogens is 368 g/mol. The Labute approximate surface area is 163 Å². The van der Waals surface area contributed by atoms with Gasteiger partial charge in [0.05, 0.1) is 30.0 Å². The molecule has 0 spiro atoms. The second-order valence-corrected chi connectivity index (χ2v) is 7.99. The van der Waals surface area contributed by atoms with E-state index in [0.29, 0.717) is 13.0 Å². The van der Waals surface area contributed by atoms with Crippen molar-refractivity contribution in [2.24, 2.45) is 0 Å². The van der Waals surface area contributed by atoms with Crippen molar-refractivity contribution in [1.29, 1.82) is 0 Å². The molecule has 1 aromatic carbocycles. The SMILES string of the molecule is CC(C)(C)N1CC=CC1c1nn(CCC(O)CO)c2ccc(OC(F)F)cc12. The van der Waals surface area contributed by atoms with Crippen molar-refractivity contribution < 1.29 is 23.7 Å². The van der Waals surface area contributed by atoms with Gasteiger partial charge in [-0.2, -0.15) is 13.9 Å². The minimum Gasteiger partial charge on any atom is -0.435 e. The minimum atomic E-state index is -2.90. The molecule has 2 atom stereocenters. The molecule has 0 fully saturated rings. The van der Waals surface area contributed by atoms with Gasteiger partial charge in [0.1, 0.15) is 5.75 Å². The van der Waals surface area contributed by atoms with E-state index in [-0.39, 0.29) is 23.9 Å². The molecule has 2 aromatic rings. The second-order valence-electron chi connectivity index (χ2n) is 7.99. The van der Waals surface area contributed by atoms with Crippen LogP contribution in [0.5, 0.6) is 5.75 Å². The van der Waals surface area contributed by atoms with Crippen molar-refractivity contribution in [1.82, 2.24) is 14.7 Å². The number of ether oxygens (including phenoxy) is 1. The number of hydrogen-bond acceptors (Lipinski definition) is 5. The molecule has 0 aliphatic carbocycles. The van der Waals surface area contributed by atoms with E-state index in [1.165, 1.54) is 6.07 Å². The summed E-state index contributed by atoms with van der Waals surface area (Å²) in [6.45, 7) is 4.33. The molecule has 0 radical (unpaired) electrons. The fourth-order valence-corrected chi connectivity index (χ4v) is 3.56. The Morgan fingerprint density at radius 3 is 2.71 bits per heavy atom. The maximum Gasteiger partial charge on any atom is 0.387 e. The maximum atomic E-state index is 12.7. The maximum absolute atomic E-state index is 12.7. The summed E-state index contributed by atoms with van der Waals surface area (Å²) in [5, 5.41) is 24.2. The largest absolute Gasteiger partial charge is 0.435 e. The zero-order valence-electron chi connectivity index (χ0n) is 16.3. The summed E-state index contributed by atoms with van der Waals surface area (Å²) in [6.07, 6.45) is 3.66. The zero-order chi connectivity index (χ0) is 20.5. The number of aliphatic hydroxyl groups excluding tert-OH is 2. The molecule has 8 heteroatoms. The highest BCUT2D eigenvalue weighted by Gasteiger charge is 2.33. The first kappa shape index (κ1) is 20.7. The van der Waals surface area contributed by atoms with Gasteiger partial charge >= 0.3 is 6.61 Å². The Bertz CT molecular complexity index is 845. The Morgan fingerprint density at radius 1 is 1.32 bits per heavy atom. The van der Waals surface area contributed by atoms with Crippen LogP contribution in [0.2, 0.25) is 0 Å². The lowest BCUT2D eigenvalue weighted by molar-refractivity contribution is -0.0497. The van der Waals surface area contributed by atoms with E-state index < -0.39 is 12.7 Å². The van der Waals surface area contributed by atoms with E-state index in [1.807, 2.05) is 0 Å². The van der Waals surface area contributed by atoms with Crippen LogP contribution in [0.25, 0.3) is 10.9 Å². The van der Waals surface area contributed by atoms with Crippen LogP contribution >= 0.6 is 0 Å². The lowest BCUT2D eigenvalue weighted by atomic mass is 10.0. The van der Waals surface area contributed by atoms with Crippen molar-refractivity contribution in [3.8, 4) is 5.75 Å². The van der Waals surface area contributed by atoms with Crippen LogP contribution in [-0.4, -0.2) is 56.3 Å². The lowest BCUT2D eigenvalue weighted by Gasteiger charge is -2.36. The fraction of sp³-hybridized carbons (Fsp3) is 0.550. The summed E-state index contributed by atoms with van der Waals surface area (Å²) in [6, 6.07) is 4.70. The minimum absolute atomic E-state index is 0.0861. The molecule has 0 amide bonds. The third kappa shape index (κ3) is 4.34. The molecule has 6 nitrogen and oxygen atoms in total. The molecular formula is C20H27F2N3O3. The zero-order valence-corrected chi connectivity index (χ0v) is 16.3. The quantitative estimate of drug-likeness (QED) is 0.705. The van der Waals surface area contributed by atoms with E-state index in [0.717, 1.165) is 23.1 Å². The van der Waals surface area contributed by atoms with Crippen LogP contribution in [0.4, 0.5) is 8.78 Å². The fourth-order valence-electron chi connectivity index (χ4n) is 3.56. The Morgan fingerprint density at radius 2 is 2.07 bits per heavy atom. The molecule has 2 heterocycles. The number of halogens is 2. The van der Waals surface area contributed by atoms with Crippen LogP contribution in [-0.2, 0) is 6.54 Å². The number of rotatable bonds is 7. The van der Waals surface area contributed by atoms with Crippen molar-refractivity contribution in [3.63, 3.8) is 0 Å². The normalized spacial score (nSPS) is 19.1. The number of hydrogen-bond donors (Lipinski definition) is 2. The molecule has 28 heavy (non-hydrogen) atoms. The van der Waals surface area contributed by atoms with Crippen LogP contribution in [0.15, 0.2) is 30.4 Å². The van der Waals surface area contributed by atoms with Crippen LogP contribution in [0.3, 0.4) is 0 Å². The van der Waals surface area contributed by atoms with Gasteiger partial charge in [-0.25, -0.2) is 0 Å². The van der Waals surface area contributed by atoms with Gasteiger partial charge in [0.15, 0.2) is 0 Å². The number of alkyl halides is 2. The third-order valence-corrected chi connectivity index (χ3v) is 4.96. The Hall–Kier alpha value is -2.03. The Balaban J connectivity index is 2.04. The van der Waals surface area contributed by atoms with Crippen molar-refractivity contribution in [2.75, 3.05) is 13.2 Å². The van der Waals surface area contributed by atoms with Crippen LogP contribution < -0.4 is 4.74 Å². The molecule has 3 rings (SSSR count). The third-order valence-electron chi connectivity index (χ3n) is 4.96. The predicted octanol–water partition coefficient (Wildman–Crippen LogP) is 3.09. The lowest BCUT2D eigenvalue weighted by Crippen LogP contribution is -2.41. The van der Waals surface area contributed by atoms with Crippen molar-refractivity contribution in [3.05, 3.63) is 36.0 Å². The number of nitrogens with zero attached hydrogens (tertiary/aromatic N) is 3. The molecule has 2 unspecified atom stereocenters. The highest BCUT2D eigenvalue weighted by atomic mass is 19.3. The molecule has 0 saturated heterocycles. The predicted molar refractivity (Wildman–Crippen MR) is 102 cm³/mol. The molecule has 2 N–H and O–H groups in total. The number of aryl methyl sites for hydroxylation is 1. The smallest absolute Gasteiger partial charge is 0.387 e. The summed E-state index contributed by atoms with van der Waals surface area (Å²) in [5.41, 5.74) is 1.43. The van der Waals surface area contributed by atoms with Crippen molar-refractivity contribution in [2.45, 2.75) is 58.0 Å². The second kappa shape index (κ2) is 8.14. The van der Waals surface area contributed by atoms with Gasteiger partial charge in [0, 0.05) is 24.0 Å². The number of aliphatic hydroxyl groups is 2. The summed E-state index contributed by atoms with van der Waals surface area (Å²) in [5.74, 6) is 0.0861. The van der Waals surface area contributed by atoms with Gasteiger partial charge in [0.25, 0.3) is 0 Å².